The minimum absolute atomic E-state index is 0.0244. The van der Waals surface area contributed by atoms with Crippen LogP contribution in [0.4, 0.5) is 5.69 Å². The lowest BCUT2D eigenvalue weighted by atomic mass is 9.80. The van der Waals surface area contributed by atoms with Crippen molar-refractivity contribution < 1.29 is 30.1 Å². The van der Waals surface area contributed by atoms with Crippen LogP contribution in [-0.2, 0) is 4.84 Å². The van der Waals surface area contributed by atoms with Gasteiger partial charge < -0.3 is 64.5 Å². The summed E-state index contributed by atoms with van der Waals surface area (Å²) >= 11 is 14.3. The summed E-state index contributed by atoms with van der Waals surface area (Å²) < 4.78 is 0.890. The highest BCUT2D eigenvalue weighted by Gasteiger charge is 2.15. The van der Waals surface area contributed by atoms with Gasteiger partial charge in [0.05, 0.1) is 41.0 Å². The number of nitrogens with one attached hydrogen (secondary N) is 2. The molecule has 0 spiro atoms. The molecule has 0 fully saturated rings. The number of hydrogen-bond donors (Lipinski definition) is 13. The quantitative estimate of drug-likeness (QED) is 0.00721. The van der Waals surface area contributed by atoms with Gasteiger partial charge >= 0.3 is 14.2 Å². The molecule has 0 bridgehead atoms. The highest BCUT2D eigenvalue weighted by atomic mass is 79.9. The van der Waals surface area contributed by atoms with Crippen LogP contribution in [0, 0.1) is 62.7 Å². The Balaban J connectivity index is 0.000000171. The molecule has 0 unspecified atom stereocenters. The van der Waals surface area contributed by atoms with Crippen LogP contribution in [0.15, 0.2) is 369 Å². The average molecular weight is 1980 g/mol. The minimum atomic E-state index is -1.47. The molecule has 5 aromatic carbocycles. The predicted octanol–water partition coefficient (Wildman–Crippen LogP) is 15.5. The summed E-state index contributed by atoms with van der Waals surface area (Å²) in [5.41, 5.74) is 58.2. The van der Waals surface area contributed by atoms with Gasteiger partial charge in [-0.25, -0.2) is 29.8 Å². The smallest absolute Gasteiger partial charge is 0.423 e. The molecule has 0 aliphatic heterocycles. The first-order chi connectivity index (χ1) is 68.5. The molecule has 12 heterocycles. The highest BCUT2D eigenvalue weighted by Crippen LogP contribution is 2.30. The van der Waals surface area contributed by atoms with Crippen LogP contribution in [0.1, 0.15) is 56.4 Å². The van der Waals surface area contributed by atoms with Gasteiger partial charge in [-0.2, -0.15) is 21.0 Å². The van der Waals surface area contributed by atoms with E-state index in [1.165, 1.54) is 49.7 Å². The number of nitrogens with two attached hydrogens (primary N) is 6. The zero-order chi connectivity index (χ0) is 102. The maximum atomic E-state index is 8.76. The predicted molar refractivity (Wildman–Crippen MR) is 555 cm³/mol. The van der Waals surface area contributed by atoms with Gasteiger partial charge in [0.1, 0.15) is 81.5 Å². The number of amidine groups is 4. The van der Waals surface area contributed by atoms with E-state index in [-0.39, 0.29) is 23.3 Å². The molecule has 17 aromatic rings. The van der Waals surface area contributed by atoms with Gasteiger partial charge in [-0.05, 0) is 147 Å². The fraction of sp³-hybridized carbons (Fsp3) is 0.00962. The molecule has 0 saturated heterocycles. The van der Waals surface area contributed by atoms with Crippen molar-refractivity contribution in [2.75, 3.05) is 7.11 Å². The van der Waals surface area contributed by atoms with Crippen LogP contribution in [0.25, 0.3) is 117 Å². The molecular formula is C104H82B2BrCl2N27O6. The van der Waals surface area contributed by atoms with Gasteiger partial charge in [-0.1, -0.05) is 204 Å². The molecule has 0 aliphatic rings. The Kier molecular flexibility index (Phi) is 39.4. The van der Waals surface area contributed by atoms with Gasteiger partial charge in [0.25, 0.3) is 0 Å². The Bertz CT molecular complexity index is 7240. The number of aromatic nitrogens is 12. The van der Waals surface area contributed by atoms with Gasteiger partial charge in [0, 0.05) is 174 Å². The van der Waals surface area contributed by atoms with Crippen LogP contribution in [0.3, 0.4) is 0 Å². The third-order valence-electron chi connectivity index (χ3n) is 19.7. The molecule has 0 amide bonds. The van der Waals surface area contributed by atoms with Crippen molar-refractivity contribution in [3.8, 4) is 125 Å². The molecule has 0 saturated carbocycles. The van der Waals surface area contributed by atoms with Crippen LogP contribution < -0.4 is 45.3 Å². The Morgan fingerprint density at radius 2 is 0.655 bits per heavy atom. The molecule has 142 heavy (non-hydrogen) atoms. The van der Waals surface area contributed by atoms with Crippen LogP contribution in [-0.4, -0.2) is 130 Å². The minimum Gasteiger partial charge on any atom is -0.423 e. The molecule has 19 N–H and O–H groups in total. The van der Waals surface area contributed by atoms with Crippen LogP contribution >= 0.6 is 39.1 Å². The van der Waals surface area contributed by atoms with E-state index in [1.807, 2.05) is 188 Å². The number of nitrogens with zero attached hydrogens (tertiary/aromatic N) is 19. The monoisotopic (exact) mass is 1980 g/mol. The Morgan fingerprint density at radius 3 is 0.923 bits per heavy atom. The average Bonchev–Trinajstić information content (AvgIpc) is 0.840. The van der Waals surface area contributed by atoms with Crippen molar-refractivity contribution in [1.29, 1.82) is 31.9 Å². The van der Waals surface area contributed by atoms with Crippen molar-refractivity contribution in [1.82, 2.24) is 59.8 Å². The van der Waals surface area contributed by atoms with Crippen molar-refractivity contribution in [3.05, 3.63) is 437 Å². The lowest BCUT2D eigenvalue weighted by Gasteiger charge is -2.06. The fourth-order valence-electron chi connectivity index (χ4n) is 12.1. The van der Waals surface area contributed by atoms with Crippen molar-refractivity contribution >= 4 is 105 Å². The van der Waals surface area contributed by atoms with E-state index in [0.29, 0.717) is 83.6 Å². The molecule has 17 rings (SSSR count). The molecular weight excluding hydrogens is 1900 g/mol. The van der Waals surface area contributed by atoms with E-state index < -0.39 is 14.2 Å². The first-order valence-electron chi connectivity index (χ1n) is 41.7. The van der Waals surface area contributed by atoms with E-state index in [9.17, 15) is 0 Å². The molecule has 38 heteroatoms. The number of nitrogen functional groups attached to an aromatic ring is 2. The maximum absolute atomic E-state index is 8.76. The summed E-state index contributed by atoms with van der Waals surface area (Å²) in [6.45, 7) is 14.4. The molecule has 33 nitrogen and oxygen atoms in total. The third kappa shape index (κ3) is 31.8. The second-order valence-electron chi connectivity index (χ2n) is 29.3. The largest absolute Gasteiger partial charge is 0.490 e. The maximum Gasteiger partial charge on any atom is 0.490 e. The number of pyridine rings is 12. The molecule has 696 valence electrons. The highest BCUT2D eigenvalue weighted by molar-refractivity contribution is 9.10. The second kappa shape index (κ2) is 53.3. The number of rotatable bonds is 18. The Hall–Kier alpha value is -19.1. The SMILES string of the molecule is C=C(N)c1ccc(-c2ccc(-c3ccc(/C(N)=N\O)nc3)cn2)cc1.C=C(N)c1ccc(-c2ccc(-c3ccc(/C(N)=N\OC)nc3)cn2)cc1.N#Cc1ccc(-c2ccc(Cl)nc2)cn1.N#Cc1ccc(B(O)O)cc1.N#Cc1ccc(Br)cn1.N=C(N)c1ccc(-c2ccc(-c3ccc(C(=N)N)nc3)cn2)cc1.OB(O)c1ccc(Cl)nc1.[C-]#[N+]c1ccc(-c2ccc(-c3ccc(C#N)nc3)cn2)cc1. The fourth-order valence-corrected chi connectivity index (χ4v) is 12.5. The van der Waals surface area contributed by atoms with Crippen molar-refractivity contribution in [2.24, 2.45) is 44.7 Å². The molecule has 0 radical (unpaired) electrons. The lowest BCUT2D eigenvalue weighted by Crippen LogP contribution is -2.29. The lowest BCUT2D eigenvalue weighted by molar-refractivity contribution is 0.213. The second-order valence-corrected chi connectivity index (χ2v) is 31.0. The zero-order valence-electron chi connectivity index (χ0n) is 75.1. The first kappa shape index (κ1) is 105. The van der Waals surface area contributed by atoms with E-state index in [1.54, 1.807) is 135 Å². The van der Waals surface area contributed by atoms with E-state index in [4.69, 9.17) is 121 Å². The van der Waals surface area contributed by atoms with Gasteiger partial charge in [0.2, 0.25) is 0 Å². The summed E-state index contributed by atoms with van der Waals surface area (Å²) in [6.07, 6.45) is 20.1. The number of benzene rings is 5. The molecule has 12 aromatic heterocycles. The summed E-state index contributed by atoms with van der Waals surface area (Å²) in [5.74, 6) is 0.204. The third-order valence-corrected chi connectivity index (χ3v) is 20.6. The number of halogens is 3. The van der Waals surface area contributed by atoms with Crippen molar-refractivity contribution in [3.63, 3.8) is 0 Å². The number of hydrogen-bond acceptors (Lipinski definition) is 28. The number of nitriles is 4. The molecule has 0 aliphatic carbocycles. The van der Waals surface area contributed by atoms with Gasteiger partial charge in [-0.15, -0.1) is 0 Å². The van der Waals surface area contributed by atoms with Crippen molar-refractivity contribution in [2.45, 2.75) is 0 Å². The van der Waals surface area contributed by atoms with Gasteiger partial charge in [-0.3, -0.25) is 45.7 Å². The first-order valence-corrected chi connectivity index (χ1v) is 43.3. The van der Waals surface area contributed by atoms with E-state index in [2.05, 4.69) is 109 Å². The Labute approximate surface area is 834 Å². The zero-order valence-corrected chi connectivity index (χ0v) is 78.2. The molecule has 0 atom stereocenters. The standard InChI is InChI=1S/C20H19N5O.C19H17N5O.C18H16N6.C18H10N4.C11H6ClN3.C7H6BNO2.C6H3BrN2.C5H5BClNO2/c1-13(21)14-3-5-15(6-4-14)18-9-7-16(11-23-18)17-8-10-19(24-12-17)20(22)25-26-2;1-12(20)13-2-4-14(5-3-13)17-8-6-15(10-22-17)16-7-9-18(23-11-16)19(21)24-25;19-17(20)12-3-1-11(2-4-12)15-7-5-13(9-23-15)14-6-8-16(18(21)22)24-10-14;1-20-16-6-2-13(3-7-16)18-9-5-15(12-22-18)14-4-8-17(10-19)21-11-14;12-11-4-2-9(7-15-11)8-1-3-10(5-13)14-6-8;9-5-6-1-3-7(4-2-6)8(10)11;7-5-1-2-6(3-8)9-4-5;7-5-2-1-4(3-8-5)6(9)10/h3-12H,1,21H2,2H3,(H2,22,25);2-11,25H,1,20H2,(H2,21,24);1-10H,(H3,19,20)(H3,21,22);2-9,11-12H;1-4,6-7H;1-4,10-11H;1-2,4H;1-3,9-10H. The summed E-state index contributed by atoms with van der Waals surface area (Å²) in [6, 6.07) is 87.7. The summed E-state index contributed by atoms with van der Waals surface area (Å²) in [4.78, 5) is 58.0. The van der Waals surface area contributed by atoms with E-state index in [0.717, 1.165) is 116 Å². The van der Waals surface area contributed by atoms with Crippen LogP contribution in [0.5, 0.6) is 0 Å². The normalized spacial score (nSPS) is 10.2. The van der Waals surface area contributed by atoms with E-state index >= 15 is 0 Å². The van der Waals surface area contributed by atoms with Crippen LogP contribution in [0.2, 0.25) is 10.3 Å². The topological polar surface area (TPSA) is 593 Å². The Morgan fingerprint density at radius 1 is 0.352 bits per heavy atom. The van der Waals surface area contributed by atoms with Gasteiger partial charge in [0.15, 0.2) is 17.4 Å². The summed E-state index contributed by atoms with van der Waals surface area (Å²) in [7, 11) is -1.48. The summed E-state index contributed by atoms with van der Waals surface area (Å²) in [5, 5.41) is 99.4. The number of oxime groups is 2.